The maximum absolute atomic E-state index is 12.3. The van der Waals surface area contributed by atoms with E-state index < -0.39 is 0 Å². The van der Waals surface area contributed by atoms with Crippen LogP contribution in [0.5, 0.6) is 0 Å². The van der Waals surface area contributed by atoms with Crippen molar-refractivity contribution in [1.29, 1.82) is 0 Å². The van der Waals surface area contributed by atoms with Crippen molar-refractivity contribution in [1.82, 2.24) is 14.0 Å². The highest BCUT2D eigenvalue weighted by atomic mass is 16.1. The molecule has 4 rings (SSSR count). The van der Waals surface area contributed by atoms with Crippen molar-refractivity contribution in [3.05, 3.63) is 78.9 Å². The summed E-state index contributed by atoms with van der Waals surface area (Å²) in [5.74, 6) is -0.0661. The third kappa shape index (κ3) is 3.04. The van der Waals surface area contributed by atoms with Gasteiger partial charge in [-0.3, -0.25) is 4.79 Å². The molecule has 0 fully saturated rings. The van der Waals surface area contributed by atoms with Crippen molar-refractivity contribution in [2.45, 2.75) is 13.5 Å². The number of anilines is 1. The minimum absolute atomic E-state index is 0.0661. The van der Waals surface area contributed by atoms with E-state index in [0.717, 1.165) is 28.2 Å². The van der Waals surface area contributed by atoms with Crippen LogP contribution in [0.25, 0.3) is 16.9 Å². The van der Waals surface area contributed by atoms with E-state index in [1.54, 1.807) is 0 Å². The van der Waals surface area contributed by atoms with Crippen LogP contribution in [0.3, 0.4) is 0 Å². The van der Waals surface area contributed by atoms with Gasteiger partial charge in [-0.2, -0.15) is 0 Å². The molecule has 3 aromatic heterocycles. The Morgan fingerprint density at radius 3 is 2.64 bits per heavy atom. The van der Waals surface area contributed by atoms with Crippen LogP contribution in [0.15, 0.2) is 73.3 Å². The molecule has 124 valence electrons. The monoisotopic (exact) mass is 330 g/mol. The minimum Gasteiger partial charge on any atom is -0.345 e. The van der Waals surface area contributed by atoms with E-state index in [9.17, 15) is 4.79 Å². The Bertz CT molecular complexity index is 1030. The maximum atomic E-state index is 12.3. The van der Waals surface area contributed by atoms with Crippen molar-refractivity contribution < 1.29 is 4.79 Å². The van der Waals surface area contributed by atoms with E-state index in [1.807, 2.05) is 89.2 Å². The largest absolute Gasteiger partial charge is 0.345 e. The number of pyridine rings is 1. The summed E-state index contributed by atoms with van der Waals surface area (Å²) in [4.78, 5) is 17.1. The second-order valence-corrected chi connectivity index (χ2v) is 6.00. The highest BCUT2D eigenvalue weighted by Crippen LogP contribution is 2.28. The SMILES string of the molecule is Cc1cccn2cc(-c3ccccc3NC(=O)Cn3cccc3)nc12. The first-order valence-corrected chi connectivity index (χ1v) is 8.15. The van der Waals surface area contributed by atoms with Gasteiger partial charge in [-0.1, -0.05) is 24.3 Å². The average molecular weight is 330 g/mol. The van der Waals surface area contributed by atoms with Crippen LogP contribution in [0.4, 0.5) is 5.69 Å². The summed E-state index contributed by atoms with van der Waals surface area (Å²) in [5, 5.41) is 3.00. The van der Waals surface area contributed by atoms with Crippen molar-refractivity contribution >= 4 is 17.2 Å². The summed E-state index contributed by atoms with van der Waals surface area (Å²) in [5.41, 5.74) is 4.55. The average Bonchev–Trinajstić information content (AvgIpc) is 3.25. The predicted octanol–water partition coefficient (Wildman–Crippen LogP) is 3.75. The molecule has 0 bridgehead atoms. The normalized spacial score (nSPS) is 10.9. The van der Waals surface area contributed by atoms with Crippen LogP contribution in [0, 0.1) is 6.92 Å². The van der Waals surface area contributed by atoms with Crippen molar-refractivity contribution in [3.8, 4) is 11.3 Å². The zero-order valence-electron chi connectivity index (χ0n) is 13.9. The number of aromatic nitrogens is 3. The van der Waals surface area contributed by atoms with Gasteiger partial charge in [0, 0.05) is 30.4 Å². The number of aryl methyl sites for hydroxylation is 1. The number of carbonyl (C=O) groups excluding carboxylic acids is 1. The van der Waals surface area contributed by atoms with Crippen LogP contribution < -0.4 is 5.32 Å². The molecule has 0 radical (unpaired) electrons. The number of nitrogens with one attached hydrogen (secondary N) is 1. The Morgan fingerprint density at radius 2 is 1.84 bits per heavy atom. The molecule has 3 heterocycles. The molecule has 0 atom stereocenters. The number of hydrogen-bond donors (Lipinski definition) is 1. The molecular weight excluding hydrogens is 312 g/mol. The zero-order valence-corrected chi connectivity index (χ0v) is 13.9. The highest BCUT2D eigenvalue weighted by Gasteiger charge is 2.12. The molecular formula is C20H18N4O. The first kappa shape index (κ1) is 15.2. The number of amides is 1. The molecule has 0 aliphatic rings. The fraction of sp³-hybridized carbons (Fsp3) is 0.100. The number of imidazole rings is 1. The van der Waals surface area contributed by atoms with Crippen molar-refractivity contribution in [3.63, 3.8) is 0 Å². The Balaban J connectivity index is 1.66. The lowest BCUT2D eigenvalue weighted by Crippen LogP contribution is -2.18. The summed E-state index contributed by atoms with van der Waals surface area (Å²) in [6.45, 7) is 2.32. The Morgan fingerprint density at radius 1 is 1.04 bits per heavy atom. The van der Waals surface area contributed by atoms with Gasteiger partial charge in [0.2, 0.25) is 5.91 Å². The van der Waals surface area contributed by atoms with E-state index in [4.69, 9.17) is 4.98 Å². The molecule has 0 aliphatic carbocycles. The quantitative estimate of drug-likeness (QED) is 0.619. The van der Waals surface area contributed by atoms with Gasteiger partial charge in [0.15, 0.2) is 0 Å². The Kier molecular flexibility index (Phi) is 3.82. The standard InChI is InChI=1S/C20H18N4O/c1-15-7-6-12-24-13-18(22-20(15)24)16-8-2-3-9-17(16)21-19(25)14-23-10-4-5-11-23/h2-13H,14H2,1H3,(H,21,25). The molecule has 1 N–H and O–H groups in total. The molecule has 0 saturated carbocycles. The molecule has 0 aliphatic heterocycles. The Labute approximate surface area is 145 Å². The third-order valence-electron chi connectivity index (χ3n) is 4.15. The number of fused-ring (bicyclic) bond motifs is 1. The van der Waals surface area contributed by atoms with E-state index in [-0.39, 0.29) is 12.5 Å². The van der Waals surface area contributed by atoms with E-state index in [2.05, 4.69) is 5.32 Å². The number of hydrogen-bond acceptors (Lipinski definition) is 2. The van der Waals surface area contributed by atoms with Gasteiger partial charge < -0.3 is 14.3 Å². The van der Waals surface area contributed by atoms with Crippen LogP contribution >= 0.6 is 0 Å². The Hall–Kier alpha value is -3.34. The number of carbonyl (C=O) groups is 1. The van der Waals surface area contributed by atoms with Gasteiger partial charge in [0.25, 0.3) is 0 Å². The highest BCUT2D eigenvalue weighted by molar-refractivity contribution is 5.95. The van der Waals surface area contributed by atoms with Gasteiger partial charge in [-0.25, -0.2) is 4.98 Å². The van der Waals surface area contributed by atoms with E-state index in [0.29, 0.717) is 0 Å². The molecule has 0 saturated heterocycles. The summed E-state index contributed by atoms with van der Waals surface area (Å²) >= 11 is 0. The van der Waals surface area contributed by atoms with E-state index >= 15 is 0 Å². The predicted molar refractivity (Wildman–Crippen MR) is 98.4 cm³/mol. The minimum atomic E-state index is -0.0661. The first-order valence-electron chi connectivity index (χ1n) is 8.15. The second-order valence-electron chi connectivity index (χ2n) is 6.00. The molecule has 25 heavy (non-hydrogen) atoms. The second kappa shape index (κ2) is 6.28. The fourth-order valence-electron chi connectivity index (χ4n) is 2.93. The van der Waals surface area contributed by atoms with Gasteiger partial charge >= 0.3 is 0 Å². The molecule has 5 nitrogen and oxygen atoms in total. The maximum Gasteiger partial charge on any atom is 0.244 e. The lowest BCUT2D eigenvalue weighted by molar-refractivity contribution is -0.116. The summed E-state index contributed by atoms with van der Waals surface area (Å²) < 4.78 is 3.84. The number of benzene rings is 1. The molecule has 0 unspecified atom stereocenters. The topological polar surface area (TPSA) is 51.3 Å². The molecule has 1 amide bonds. The summed E-state index contributed by atoms with van der Waals surface area (Å²) in [6, 6.07) is 15.6. The molecule has 5 heteroatoms. The number of nitrogens with zero attached hydrogens (tertiary/aromatic N) is 3. The van der Waals surface area contributed by atoms with Crippen molar-refractivity contribution in [2.24, 2.45) is 0 Å². The van der Waals surface area contributed by atoms with Crippen molar-refractivity contribution in [2.75, 3.05) is 5.32 Å². The third-order valence-corrected chi connectivity index (χ3v) is 4.15. The van der Waals surface area contributed by atoms with Crippen LogP contribution in [0.1, 0.15) is 5.56 Å². The van der Waals surface area contributed by atoms with Crippen LogP contribution in [-0.4, -0.2) is 19.9 Å². The smallest absolute Gasteiger partial charge is 0.244 e. The summed E-state index contributed by atoms with van der Waals surface area (Å²) in [7, 11) is 0. The fourth-order valence-corrected chi connectivity index (χ4v) is 2.93. The lowest BCUT2D eigenvalue weighted by Gasteiger charge is -2.10. The van der Waals surface area contributed by atoms with Gasteiger partial charge in [-0.05, 0) is 36.8 Å². The van der Waals surface area contributed by atoms with E-state index in [1.165, 1.54) is 0 Å². The zero-order chi connectivity index (χ0) is 17.2. The van der Waals surface area contributed by atoms with Gasteiger partial charge in [-0.15, -0.1) is 0 Å². The summed E-state index contributed by atoms with van der Waals surface area (Å²) in [6.07, 6.45) is 7.71. The molecule has 0 spiro atoms. The molecule has 1 aromatic carbocycles. The lowest BCUT2D eigenvalue weighted by atomic mass is 10.1. The molecule has 4 aromatic rings. The van der Waals surface area contributed by atoms with Gasteiger partial charge in [0.05, 0.1) is 11.4 Å². The first-order chi connectivity index (χ1) is 12.2. The number of rotatable bonds is 4. The number of para-hydroxylation sites is 1. The van der Waals surface area contributed by atoms with Gasteiger partial charge in [0.1, 0.15) is 12.2 Å². The van der Waals surface area contributed by atoms with Crippen LogP contribution in [0.2, 0.25) is 0 Å². The van der Waals surface area contributed by atoms with Crippen LogP contribution in [-0.2, 0) is 11.3 Å².